The minimum Gasteiger partial charge on any atom is -0.455 e. The molecule has 1 aliphatic heterocycles. The molecule has 0 aromatic heterocycles. The number of benzene rings is 3. The smallest absolute Gasteiger partial charge is 0.455 e. The van der Waals surface area contributed by atoms with Crippen LogP contribution in [0.1, 0.15) is 38.8 Å². The fourth-order valence-electron chi connectivity index (χ4n) is 3.46. The van der Waals surface area contributed by atoms with Gasteiger partial charge in [-0.1, -0.05) is 42.5 Å². The highest BCUT2D eigenvalue weighted by Crippen LogP contribution is 2.38. The SMILES string of the molecule is CC1(C)OB(c2cc(Cc3ccccc3)ccc2Oc2ccc(F)cc2F)OC1(C)C. The summed E-state index contributed by atoms with van der Waals surface area (Å²) in [6, 6.07) is 19.0. The number of hydrogen-bond donors (Lipinski definition) is 0. The van der Waals surface area contributed by atoms with Crippen molar-refractivity contribution >= 4 is 12.6 Å². The van der Waals surface area contributed by atoms with Gasteiger partial charge in [-0.05, 0) is 63.4 Å². The molecule has 0 aliphatic carbocycles. The van der Waals surface area contributed by atoms with Gasteiger partial charge >= 0.3 is 7.12 Å². The van der Waals surface area contributed by atoms with Gasteiger partial charge in [0.25, 0.3) is 0 Å². The van der Waals surface area contributed by atoms with E-state index in [0.29, 0.717) is 11.2 Å². The van der Waals surface area contributed by atoms with Crippen LogP contribution in [0.25, 0.3) is 0 Å². The molecule has 0 bridgehead atoms. The van der Waals surface area contributed by atoms with Crippen LogP contribution in [0.5, 0.6) is 11.5 Å². The molecule has 3 aromatic carbocycles. The molecule has 3 aromatic rings. The summed E-state index contributed by atoms with van der Waals surface area (Å²) in [6.07, 6.45) is 0.721. The number of rotatable bonds is 5. The van der Waals surface area contributed by atoms with E-state index in [1.54, 1.807) is 6.07 Å². The van der Waals surface area contributed by atoms with Crippen molar-refractivity contribution in [3.05, 3.63) is 89.5 Å². The minimum absolute atomic E-state index is 0.0602. The first-order valence-electron chi connectivity index (χ1n) is 10.3. The van der Waals surface area contributed by atoms with Crippen LogP contribution in [0.4, 0.5) is 8.78 Å². The lowest BCUT2D eigenvalue weighted by molar-refractivity contribution is 0.00578. The van der Waals surface area contributed by atoms with E-state index in [2.05, 4.69) is 12.1 Å². The third kappa shape index (κ3) is 4.50. The molecule has 3 nitrogen and oxygen atoms in total. The maximum atomic E-state index is 14.2. The van der Waals surface area contributed by atoms with E-state index in [1.807, 2.05) is 58.0 Å². The van der Waals surface area contributed by atoms with Gasteiger partial charge in [0.05, 0.1) is 11.2 Å². The second-order valence-electron chi connectivity index (χ2n) is 8.80. The lowest BCUT2D eigenvalue weighted by Crippen LogP contribution is -2.41. The first-order chi connectivity index (χ1) is 14.6. The monoisotopic (exact) mass is 422 g/mol. The Hall–Kier alpha value is -2.70. The molecule has 0 N–H and O–H groups in total. The molecule has 1 aliphatic rings. The third-order valence-corrected chi connectivity index (χ3v) is 5.95. The van der Waals surface area contributed by atoms with Crippen molar-refractivity contribution in [1.82, 2.24) is 0 Å². The Morgan fingerprint density at radius 1 is 0.774 bits per heavy atom. The van der Waals surface area contributed by atoms with E-state index in [4.69, 9.17) is 14.0 Å². The standard InChI is InChI=1S/C25H25BF2O3/c1-24(2)25(3,4)31-26(30-24)20-15-18(14-17-8-6-5-7-9-17)10-12-22(20)29-23-13-11-19(27)16-21(23)28/h5-13,15-16H,14H2,1-4H3. The molecule has 31 heavy (non-hydrogen) atoms. The third-order valence-electron chi connectivity index (χ3n) is 5.95. The minimum atomic E-state index is -0.770. The van der Waals surface area contributed by atoms with E-state index in [-0.39, 0.29) is 5.75 Å². The summed E-state index contributed by atoms with van der Waals surface area (Å²) in [6.45, 7) is 7.89. The Morgan fingerprint density at radius 3 is 2.06 bits per heavy atom. The maximum Gasteiger partial charge on any atom is 0.498 e. The van der Waals surface area contributed by atoms with Crippen molar-refractivity contribution in [3.8, 4) is 11.5 Å². The Labute approximate surface area is 182 Å². The number of ether oxygens (including phenoxy) is 1. The molecule has 0 saturated carbocycles. The van der Waals surface area contributed by atoms with Gasteiger partial charge in [-0.15, -0.1) is 0 Å². The van der Waals surface area contributed by atoms with E-state index < -0.39 is 30.0 Å². The molecule has 1 saturated heterocycles. The fourth-order valence-corrected chi connectivity index (χ4v) is 3.46. The highest BCUT2D eigenvalue weighted by atomic mass is 19.1. The molecule has 4 rings (SSSR count). The van der Waals surface area contributed by atoms with Crippen LogP contribution in [-0.2, 0) is 15.7 Å². The lowest BCUT2D eigenvalue weighted by Gasteiger charge is -2.32. The van der Waals surface area contributed by atoms with E-state index in [1.165, 1.54) is 11.6 Å². The van der Waals surface area contributed by atoms with Gasteiger partial charge in [0.15, 0.2) is 11.6 Å². The van der Waals surface area contributed by atoms with Crippen LogP contribution in [0.3, 0.4) is 0 Å². The van der Waals surface area contributed by atoms with Crippen molar-refractivity contribution < 1.29 is 22.8 Å². The highest BCUT2D eigenvalue weighted by molar-refractivity contribution is 6.63. The van der Waals surface area contributed by atoms with E-state index in [9.17, 15) is 8.78 Å². The Kier molecular flexibility index (Phi) is 5.62. The van der Waals surface area contributed by atoms with Crippen molar-refractivity contribution in [2.24, 2.45) is 0 Å². The van der Waals surface area contributed by atoms with E-state index in [0.717, 1.165) is 24.1 Å². The maximum absolute atomic E-state index is 14.2. The topological polar surface area (TPSA) is 27.7 Å². The first-order valence-corrected chi connectivity index (χ1v) is 10.3. The average molecular weight is 422 g/mol. The summed E-state index contributed by atoms with van der Waals surface area (Å²) in [4.78, 5) is 0. The molecule has 1 heterocycles. The molecule has 0 radical (unpaired) electrons. The molecule has 1 fully saturated rings. The Bertz CT molecular complexity index is 1070. The van der Waals surface area contributed by atoms with Crippen molar-refractivity contribution in [2.45, 2.75) is 45.3 Å². The summed E-state index contributed by atoms with van der Waals surface area (Å²) in [5, 5.41) is 0. The number of halogens is 2. The van der Waals surface area contributed by atoms with Crippen LogP contribution < -0.4 is 10.2 Å². The lowest BCUT2D eigenvalue weighted by atomic mass is 9.77. The van der Waals surface area contributed by atoms with E-state index >= 15 is 0 Å². The summed E-state index contributed by atoms with van der Waals surface area (Å²) in [7, 11) is -0.681. The second-order valence-corrected chi connectivity index (χ2v) is 8.80. The zero-order chi connectivity index (χ0) is 22.2. The molecule has 0 spiro atoms. The normalized spacial score (nSPS) is 17.0. The molecule has 0 unspecified atom stereocenters. The van der Waals surface area contributed by atoms with Crippen LogP contribution >= 0.6 is 0 Å². The van der Waals surface area contributed by atoms with Gasteiger partial charge in [0.1, 0.15) is 11.6 Å². The van der Waals surface area contributed by atoms with Gasteiger partial charge < -0.3 is 14.0 Å². The molecule has 0 atom stereocenters. The molecule has 0 amide bonds. The molecule has 160 valence electrons. The van der Waals surface area contributed by atoms with Crippen LogP contribution in [0.15, 0.2) is 66.7 Å². The van der Waals surface area contributed by atoms with Crippen LogP contribution in [-0.4, -0.2) is 18.3 Å². The van der Waals surface area contributed by atoms with Gasteiger partial charge in [-0.25, -0.2) is 8.78 Å². The van der Waals surface area contributed by atoms with Crippen molar-refractivity contribution in [1.29, 1.82) is 0 Å². The summed E-state index contributed by atoms with van der Waals surface area (Å²) >= 11 is 0. The summed E-state index contributed by atoms with van der Waals surface area (Å²) < 4.78 is 45.8. The first kappa shape index (κ1) is 21.5. The van der Waals surface area contributed by atoms with Crippen LogP contribution in [0, 0.1) is 11.6 Å². The molecular formula is C25H25BF2O3. The van der Waals surface area contributed by atoms with Crippen molar-refractivity contribution in [3.63, 3.8) is 0 Å². The number of hydrogen-bond acceptors (Lipinski definition) is 3. The van der Waals surface area contributed by atoms with Gasteiger partial charge in [-0.3, -0.25) is 0 Å². The zero-order valence-electron chi connectivity index (χ0n) is 18.1. The predicted molar refractivity (Wildman–Crippen MR) is 118 cm³/mol. The molecular weight excluding hydrogens is 397 g/mol. The van der Waals surface area contributed by atoms with Crippen molar-refractivity contribution in [2.75, 3.05) is 0 Å². The fraction of sp³-hybridized carbons (Fsp3) is 0.280. The Balaban J connectivity index is 1.71. The quantitative estimate of drug-likeness (QED) is 0.498. The van der Waals surface area contributed by atoms with Crippen LogP contribution in [0.2, 0.25) is 0 Å². The van der Waals surface area contributed by atoms with Gasteiger partial charge in [0.2, 0.25) is 0 Å². The highest BCUT2D eigenvalue weighted by Gasteiger charge is 2.52. The predicted octanol–water partition coefficient (Wildman–Crippen LogP) is 5.65. The summed E-state index contributed by atoms with van der Waals surface area (Å²) in [5.41, 5.74) is 1.80. The van der Waals surface area contributed by atoms with Gasteiger partial charge in [0, 0.05) is 11.5 Å². The average Bonchev–Trinajstić information content (AvgIpc) is 2.93. The second kappa shape index (κ2) is 8.10. The molecule has 6 heteroatoms. The zero-order valence-corrected chi connectivity index (χ0v) is 18.1. The summed E-state index contributed by atoms with van der Waals surface area (Å²) in [5.74, 6) is -1.08. The largest absolute Gasteiger partial charge is 0.498 e. The Morgan fingerprint density at radius 2 is 1.42 bits per heavy atom. The van der Waals surface area contributed by atoms with Gasteiger partial charge in [-0.2, -0.15) is 0 Å².